The maximum atomic E-state index is 6.09. The fourth-order valence-electron chi connectivity index (χ4n) is 2.10. The maximum absolute atomic E-state index is 6.09. The molecular formula is C12H16ClNO. The van der Waals surface area contributed by atoms with Gasteiger partial charge in [-0.1, -0.05) is 23.7 Å². The lowest BCUT2D eigenvalue weighted by Gasteiger charge is -2.11. The van der Waals surface area contributed by atoms with E-state index >= 15 is 0 Å². The van der Waals surface area contributed by atoms with Gasteiger partial charge in [-0.15, -0.1) is 0 Å². The van der Waals surface area contributed by atoms with Crippen molar-refractivity contribution in [1.29, 1.82) is 0 Å². The zero-order valence-corrected chi connectivity index (χ0v) is 9.46. The van der Waals surface area contributed by atoms with Crippen molar-refractivity contribution in [3.05, 3.63) is 28.8 Å². The normalized spacial score (nSPS) is 20.3. The summed E-state index contributed by atoms with van der Waals surface area (Å²) < 4.78 is 5.68. The lowest BCUT2D eigenvalue weighted by molar-refractivity contribution is 0.291. The van der Waals surface area contributed by atoms with E-state index in [1.165, 1.54) is 5.56 Å². The van der Waals surface area contributed by atoms with E-state index in [1.807, 2.05) is 12.1 Å². The molecule has 0 radical (unpaired) electrons. The monoisotopic (exact) mass is 225 g/mol. The van der Waals surface area contributed by atoms with E-state index in [0.717, 1.165) is 43.2 Å². The van der Waals surface area contributed by atoms with Gasteiger partial charge in [-0.2, -0.15) is 0 Å². The average Bonchev–Trinajstić information content (AvgIpc) is 2.41. The van der Waals surface area contributed by atoms with Crippen molar-refractivity contribution in [3.63, 3.8) is 0 Å². The molecule has 1 aromatic rings. The van der Waals surface area contributed by atoms with Gasteiger partial charge >= 0.3 is 0 Å². The van der Waals surface area contributed by atoms with Gasteiger partial charge in [-0.25, -0.2) is 0 Å². The van der Waals surface area contributed by atoms with Gasteiger partial charge in [0, 0.05) is 0 Å². The van der Waals surface area contributed by atoms with Crippen LogP contribution < -0.4 is 10.5 Å². The van der Waals surface area contributed by atoms with Crippen LogP contribution in [0.25, 0.3) is 0 Å². The number of fused-ring (bicyclic) bond motifs is 1. The van der Waals surface area contributed by atoms with Crippen LogP contribution in [0.4, 0.5) is 0 Å². The molecule has 1 aliphatic rings. The van der Waals surface area contributed by atoms with Gasteiger partial charge < -0.3 is 10.5 Å². The number of halogens is 1. The highest BCUT2D eigenvalue weighted by atomic mass is 35.5. The summed E-state index contributed by atoms with van der Waals surface area (Å²) in [6, 6.07) is 5.95. The SMILES string of the molecule is NCCC1CCOc2c(Cl)cccc2C1. The van der Waals surface area contributed by atoms with Crippen molar-refractivity contribution >= 4 is 11.6 Å². The van der Waals surface area contributed by atoms with Gasteiger partial charge in [0.2, 0.25) is 0 Å². The molecule has 1 unspecified atom stereocenters. The van der Waals surface area contributed by atoms with Gasteiger partial charge in [0.25, 0.3) is 0 Å². The molecule has 0 fully saturated rings. The highest BCUT2D eigenvalue weighted by Crippen LogP contribution is 2.34. The Bertz CT molecular complexity index is 340. The molecule has 82 valence electrons. The molecule has 3 heteroatoms. The van der Waals surface area contributed by atoms with Crippen molar-refractivity contribution in [2.45, 2.75) is 19.3 Å². The van der Waals surface area contributed by atoms with Crippen LogP contribution in [0, 0.1) is 5.92 Å². The summed E-state index contributed by atoms with van der Waals surface area (Å²) in [5, 5.41) is 0.723. The molecule has 15 heavy (non-hydrogen) atoms. The Morgan fingerprint density at radius 3 is 3.13 bits per heavy atom. The molecule has 0 spiro atoms. The highest BCUT2D eigenvalue weighted by Gasteiger charge is 2.18. The number of rotatable bonds is 2. The van der Waals surface area contributed by atoms with E-state index in [1.54, 1.807) is 0 Å². The molecule has 0 saturated carbocycles. The third-order valence-corrected chi connectivity index (χ3v) is 3.20. The summed E-state index contributed by atoms with van der Waals surface area (Å²) in [6.07, 6.45) is 3.17. The lowest BCUT2D eigenvalue weighted by atomic mass is 9.94. The van der Waals surface area contributed by atoms with E-state index in [0.29, 0.717) is 5.92 Å². The topological polar surface area (TPSA) is 35.2 Å². The summed E-state index contributed by atoms with van der Waals surface area (Å²) in [5.41, 5.74) is 6.81. The Kier molecular flexibility index (Phi) is 3.49. The fraction of sp³-hybridized carbons (Fsp3) is 0.500. The second kappa shape index (κ2) is 4.86. The Morgan fingerprint density at radius 1 is 1.47 bits per heavy atom. The highest BCUT2D eigenvalue weighted by molar-refractivity contribution is 6.32. The predicted molar refractivity (Wildman–Crippen MR) is 62.4 cm³/mol. The van der Waals surface area contributed by atoms with Crippen molar-refractivity contribution in [1.82, 2.24) is 0 Å². The van der Waals surface area contributed by atoms with Crippen LogP contribution in [0.2, 0.25) is 5.02 Å². The fourth-order valence-corrected chi connectivity index (χ4v) is 2.35. The van der Waals surface area contributed by atoms with Gasteiger partial charge in [0.1, 0.15) is 5.75 Å². The third kappa shape index (κ3) is 2.44. The van der Waals surface area contributed by atoms with Crippen LogP contribution in [0.5, 0.6) is 5.75 Å². The summed E-state index contributed by atoms with van der Waals surface area (Å²) in [6.45, 7) is 1.50. The number of hydrogen-bond acceptors (Lipinski definition) is 2. The number of ether oxygens (including phenoxy) is 1. The zero-order chi connectivity index (χ0) is 10.7. The van der Waals surface area contributed by atoms with Crippen LogP contribution in [0.3, 0.4) is 0 Å². The second-order valence-electron chi connectivity index (χ2n) is 4.01. The van der Waals surface area contributed by atoms with Crippen LogP contribution in [0.15, 0.2) is 18.2 Å². The average molecular weight is 226 g/mol. The van der Waals surface area contributed by atoms with Gasteiger partial charge in [-0.05, 0) is 43.4 Å². The first-order chi connectivity index (χ1) is 7.31. The van der Waals surface area contributed by atoms with E-state index < -0.39 is 0 Å². The first kappa shape index (κ1) is 10.8. The number of hydrogen-bond donors (Lipinski definition) is 1. The largest absolute Gasteiger partial charge is 0.492 e. The third-order valence-electron chi connectivity index (χ3n) is 2.90. The summed E-state index contributed by atoms with van der Waals surface area (Å²) >= 11 is 6.09. The predicted octanol–water partition coefficient (Wildman–Crippen LogP) is 2.63. The molecule has 2 nitrogen and oxygen atoms in total. The Labute approximate surface area is 95.4 Å². The van der Waals surface area contributed by atoms with Crippen LogP contribution in [0.1, 0.15) is 18.4 Å². The molecule has 2 rings (SSSR count). The molecule has 1 aliphatic heterocycles. The lowest BCUT2D eigenvalue weighted by Crippen LogP contribution is -2.11. The number of para-hydroxylation sites is 1. The molecule has 1 aromatic carbocycles. The Hall–Kier alpha value is -0.730. The minimum absolute atomic E-state index is 0.634. The van der Waals surface area contributed by atoms with E-state index in [9.17, 15) is 0 Å². The number of benzene rings is 1. The molecule has 1 heterocycles. The van der Waals surface area contributed by atoms with Crippen molar-refractivity contribution in [2.24, 2.45) is 11.7 Å². The van der Waals surface area contributed by atoms with Crippen molar-refractivity contribution < 1.29 is 4.74 Å². The second-order valence-corrected chi connectivity index (χ2v) is 4.42. The molecule has 2 N–H and O–H groups in total. The minimum atomic E-state index is 0.634. The molecule has 1 atom stereocenters. The van der Waals surface area contributed by atoms with E-state index in [4.69, 9.17) is 22.1 Å². The molecule has 0 saturated heterocycles. The van der Waals surface area contributed by atoms with E-state index in [-0.39, 0.29) is 0 Å². The first-order valence-electron chi connectivity index (χ1n) is 5.41. The quantitative estimate of drug-likeness (QED) is 0.840. The van der Waals surface area contributed by atoms with E-state index in [2.05, 4.69) is 6.07 Å². The van der Waals surface area contributed by atoms with Crippen LogP contribution >= 0.6 is 11.6 Å². The van der Waals surface area contributed by atoms with Crippen molar-refractivity contribution in [2.75, 3.05) is 13.2 Å². The smallest absolute Gasteiger partial charge is 0.141 e. The summed E-state index contributed by atoms with van der Waals surface area (Å²) in [7, 11) is 0. The molecular weight excluding hydrogens is 210 g/mol. The standard InChI is InChI=1S/C12H16ClNO/c13-11-3-1-2-10-8-9(4-6-14)5-7-15-12(10)11/h1-3,9H,4-8,14H2. The van der Waals surface area contributed by atoms with Crippen molar-refractivity contribution in [3.8, 4) is 5.75 Å². The Morgan fingerprint density at radius 2 is 2.33 bits per heavy atom. The molecule has 0 amide bonds. The van der Waals surface area contributed by atoms with Gasteiger partial charge in [0.15, 0.2) is 0 Å². The summed E-state index contributed by atoms with van der Waals surface area (Å²) in [4.78, 5) is 0. The number of nitrogens with two attached hydrogens (primary N) is 1. The van der Waals surface area contributed by atoms with Gasteiger partial charge in [-0.3, -0.25) is 0 Å². The maximum Gasteiger partial charge on any atom is 0.141 e. The molecule has 0 aliphatic carbocycles. The summed E-state index contributed by atoms with van der Waals surface area (Å²) in [5.74, 6) is 1.51. The van der Waals surface area contributed by atoms with Crippen LogP contribution in [-0.4, -0.2) is 13.2 Å². The van der Waals surface area contributed by atoms with Crippen LogP contribution in [-0.2, 0) is 6.42 Å². The minimum Gasteiger partial charge on any atom is -0.492 e. The molecule has 0 bridgehead atoms. The van der Waals surface area contributed by atoms with Gasteiger partial charge in [0.05, 0.1) is 11.6 Å². The first-order valence-corrected chi connectivity index (χ1v) is 5.79. The zero-order valence-electron chi connectivity index (χ0n) is 8.71. The molecule has 0 aromatic heterocycles. The Balaban J connectivity index is 2.22.